The van der Waals surface area contributed by atoms with Crippen LogP contribution in [0.25, 0.3) is 0 Å². The third kappa shape index (κ3) is 5.31. The van der Waals surface area contributed by atoms with E-state index in [0.717, 1.165) is 12.0 Å². The van der Waals surface area contributed by atoms with E-state index in [0.29, 0.717) is 23.0 Å². The molecule has 0 heterocycles. The number of rotatable bonds is 5. The molecule has 0 aromatic heterocycles. The van der Waals surface area contributed by atoms with E-state index < -0.39 is 0 Å². The highest BCUT2D eigenvalue weighted by Crippen LogP contribution is 2.17. The van der Waals surface area contributed by atoms with Crippen molar-refractivity contribution in [2.24, 2.45) is 11.7 Å². The predicted molar refractivity (Wildman–Crippen MR) is 87.8 cm³/mol. The van der Waals surface area contributed by atoms with Gasteiger partial charge in [-0.15, -0.1) is 12.4 Å². The maximum Gasteiger partial charge on any atom is 0.253 e. The molecule has 0 spiro atoms. The van der Waals surface area contributed by atoms with Gasteiger partial charge in [0.05, 0.1) is 0 Å². The zero-order chi connectivity index (χ0) is 14.6. The summed E-state index contributed by atoms with van der Waals surface area (Å²) in [5.74, 6) is 0.442. The standard InChI is InChI=1S/C15H23ClN2O.ClH/c1-10(2)14(17)7-8-18(4)15(19)12-5-6-13(16)11(3)9-12;/h5-6,9-10,14H,7-8,17H2,1-4H3;1H. The summed E-state index contributed by atoms with van der Waals surface area (Å²) in [5, 5.41) is 0.682. The molecule has 3 nitrogen and oxygen atoms in total. The second-order valence-electron chi connectivity index (χ2n) is 5.39. The molecular weight excluding hydrogens is 295 g/mol. The number of benzene rings is 1. The Hall–Kier alpha value is -0.770. The molecule has 5 heteroatoms. The van der Waals surface area contributed by atoms with Crippen LogP contribution in [-0.4, -0.2) is 30.4 Å². The van der Waals surface area contributed by atoms with Crippen molar-refractivity contribution in [2.45, 2.75) is 33.2 Å². The molecule has 1 aromatic carbocycles. The number of carbonyl (C=O) groups is 1. The van der Waals surface area contributed by atoms with Crippen molar-refractivity contribution in [3.8, 4) is 0 Å². The van der Waals surface area contributed by atoms with Crippen molar-refractivity contribution in [1.82, 2.24) is 4.90 Å². The van der Waals surface area contributed by atoms with E-state index in [1.165, 1.54) is 0 Å². The zero-order valence-electron chi connectivity index (χ0n) is 12.5. The largest absolute Gasteiger partial charge is 0.342 e. The van der Waals surface area contributed by atoms with Gasteiger partial charge in [0.25, 0.3) is 5.91 Å². The van der Waals surface area contributed by atoms with Crippen molar-refractivity contribution in [3.63, 3.8) is 0 Å². The molecule has 114 valence electrons. The quantitative estimate of drug-likeness (QED) is 0.902. The monoisotopic (exact) mass is 318 g/mol. The van der Waals surface area contributed by atoms with E-state index >= 15 is 0 Å². The molecule has 0 aliphatic carbocycles. The minimum atomic E-state index is 0. The smallest absolute Gasteiger partial charge is 0.253 e. The van der Waals surface area contributed by atoms with Gasteiger partial charge in [-0.3, -0.25) is 4.79 Å². The number of amides is 1. The van der Waals surface area contributed by atoms with Gasteiger partial charge in [-0.05, 0) is 43.0 Å². The lowest BCUT2D eigenvalue weighted by Gasteiger charge is -2.21. The molecule has 1 atom stereocenters. The molecule has 0 bridgehead atoms. The van der Waals surface area contributed by atoms with Crippen molar-refractivity contribution in [2.75, 3.05) is 13.6 Å². The van der Waals surface area contributed by atoms with Crippen molar-refractivity contribution in [3.05, 3.63) is 34.3 Å². The van der Waals surface area contributed by atoms with Crippen LogP contribution in [0.15, 0.2) is 18.2 Å². The van der Waals surface area contributed by atoms with Gasteiger partial charge in [-0.25, -0.2) is 0 Å². The SMILES string of the molecule is Cc1cc(C(=O)N(C)CCC(N)C(C)C)ccc1Cl.Cl. The molecule has 1 unspecified atom stereocenters. The molecule has 0 aliphatic rings. The first-order valence-electron chi connectivity index (χ1n) is 6.60. The number of carbonyl (C=O) groups excluding carboxylic acids is 1. The van der Waals surface area contributed by atoms with Crippen molar-refractivity contribution >= 4 is 29.9 Å². The first-order chi connectivity index (χ1) is 8.82. The van der Waals surface area contributed by atoms with E-state index in [4.69, 9.17) is 17.3 Å². The van der Waals surface area contributed by atoms with Crippen LogP contribution in [0.2, 0.25) is 5.02 Å². The zero-order valence-corrected chi connectivity index (χ0v) is 14.1. The van der Waals surface area contributed by atoms with Crippen LogP contribution in [0.5, 0.6) is 0 Å². The molecule has 0 fully saturated rings. The van der Waals surface area contributed by atoms with E-state index in [2.05, 4.69) is 13.8 Å². The number of nitrogens with two attached hydrogens (primary N) is 1. The Kier molecular flexibility index (Phi) is 8.17. The lowest BCUT2D eigenvalue weighted by Crippen LogP contribution is -2.34. The van der Waals surface area contributed by atoms with Crippen molar-refractivity contribution in [1.29, 1.82) is 0 Å². The molecule has 0 saturated carbocycles. The summed E-state index contributed by atoms with van der Waals surface area (Å²) in [6, 6.07) is 5.47. The topological polar surface area (TPSA) is 46.3 Å². The Morgan fingerprint density at radius 2 is 2.00 bits per heavy atom. The Labute approximate surface area is 132 Å². The van der Waals surface area contributed by atoms with Gasteiger partial charge in [0.15, 0.2) is 0 Å². The van der Waals surface area contributed by atoms with Gasteiger partial charge in [-0.1, -0.05) is 25.4 Å². The normalized spacial score (nSPS) is 11.9. The van der Waals surface area contributed by atoms with Gasteiger partial charge in [0.1, 0.15) is 0 Å². The Morgan fingerprint density at radius 3 is 2.50 bits per heavy atom. The summed E-state index contributed by atoms with van der Waals surface area (Å²) in [6.07, 6.45) is 0.812. The minimum absolute atomic E-state index is 0. The van der Waals surface area contributed by atoms with Crippen LogP contribution in [0.3, 0.4) is 0 Å². The van der Waals surface area contributed by atoms with Crippen molar-refractivity contribution < 1.29 is 4.79 Å². The summed E-state index contributed by atoms with van der Waals surface area (Å²) in [5.41, 5.74) is 7.58. The van der Waals surface area contributed by atoms with Crippen LogP contribution in [0.1, 0.15) is 36.2 Å². The van der Waals surface area contributed by atoms with Gasteiger partial charge in [0, 0.05) is 30.2 Å². The fourth-order valence-corrected chi connectivity index (χ4v) is 1.89. The lowest BCUT2D eigenvalue weighted by molar-refractivity contribution is 0.0789. The number of nitrogens with zero attached hydrogens (tertiary/aromatic N) is 1. The molecule has 0 radical (unpaired) electrons. The van der Waals surface area contributed by atoms with E-state index in [1.807, 2.05) is 13.0 Å². The Bertz CT molecular complexity index is 449. The lowest BCUT2D eigenvalue weighted by atomic mass is 10.0. The highest BCUT2D eigenvalue weighted by Gasteiger charge is 2.14. The van der Waals surface area contributed by atoms with E-state index in [9.17, 15) is 4.79 Å². The first-order valence-corrected chi connectivity index (χ1v) is 6.98. The molecule has 1 rings (SSSR count). The van der Waals surface area contributed by atoms with E-state index in [-0.39, 0.29) is 24.4 Å². The highest BCUT2D eigenvalue weighted by molar-refractivity contribution is 6.31. The fraction of sp³-hybridized carbons (Fsp3) is 0.533. The van der Waals surface area contributed by atoms with Gasteiger partial charge in [0.2, 0.25) is 0 Å². The number of halogens is 2. The second kappa shape index (κ2) is 8.50. The molecule has 20 heavy (non-hydrogen) atoms. The Morgan fingerprint density at radius 1 is 1.40 bits per heavy atom. The molecule has 1 aromatic rings. The first kappa shape index (κ1) is 19.2. The molecule has 1 amide bonds. The Balaban J connectivity index is 0.00000361. The minimum Gasteiger partial charge on any atom is -0.342 e. The van der Waals surface area contributed by atoms with Gasteiger partial charge >= 0.3 is 0 Å². The molecular formula is C15H24Cl2N2O. The second-order valence-corrected chi connectivity index (χ2v) is 5.79. The molecule has 0 saturated heterocycles. The predicted octanol–water partition coefficient (Wildman–Crippen LogP) is 3.52. The summed E-state index contributed by atoms with van der Waals surface area (Å²) < 4.78 is 0. The third-order valence-corrected chi connectivity index (χ3v) is 3.83. The van der Waals surface area contributed by atoms with Gasteiger partial charge in [-0.2, -0.15) is 0 Å². The van der Waals surface area contributed by atoms with Crippen LogP contribution < -0.4 is 5.73 Å². The summed E-state index contributed by atoms with van der Waals surface area (Å²) in [4.78, 5) is 13.9. The van der Waals surface area contributed by atoms with Crippen LogP contribution in [0, 0.1) is 12.8 Å². The molecule has 0 aliphatic heterocycles. The van der Waals surface area contributed by atoms with E-state index in [1.54, 1.807) is 24.1 Å². The average Bonchev–Trinajstić information content (AvgIpc) is 2.37. The number of hydrogen-bond donors (Lipinski definition) is 1. The maximum absolute atomic E-state index is 12.2. The van der Waals surface area contributed by atoms with Gasteiger partial charge < -0.3 is 10.6 Å². The van der Waals surface area contributed by atoms with Crippen LogP contribution in [0.4, 0.5) is 0 Å². The fourth-order valence-electron chi connectivity index (χ4n) is 1.78. The number of aryl methyl sites for hydroxylation is 1. The summed E-state index contributed by atoms with van der Waals surface area (Å²) in [7, 11) is 1.80. The third-order valence-electron chi connectivity index (χ3n) is 3.41. The van der Waals surface area contributed by atoms with Crippen LogP contribution >= 0.6 is 24.0 Å². The summed E-state index contributed by atoms with van der Waals surface area (Å²) in [6.45, 7) is 6.75. The molecule has 2 N–H and O–H groups in total. The maximum atomic E-state index is 12.2. The van der Waals surface area contributed by atoms with Crippen LogP contribution in [-0.2, 0) is 0 Å². The average molecular weight is 319 g/mol. The highest BCUT2D eigenvalue weighted by atomic mass is 35.5. The number of hydrogen-bond acceptors (Lipinski definition) is 2. The summed E-state index contributed by atoms with van der Waals surface area (Å²) >= 11 is 5.96.